The van der Waals surface area contributed by atoms with Crippen LogP contribution in [-0.2, 0) is 0 Å². The quantitative estimate of drug-likeness (QED) is 0.722. The van der Waals surface area contributed by atoms with E-state index in [1.165, 1.54) is 11.3 Å². The number of rotatable bonds is 2. The lowest BCUT2D eigenvalue weighted by Gasteiger charge is -2.00. The third-order valence-electron chi connectivity index (χ3n) is 1.81. The first-order chi connectivity index (χ1) is 5.77. The lowest BCUT2D eigenvalue weighted by atomic mass is 10.4. The number of nitrogens with one attached hydrogen (secondary N) is 1. The highest BCUT2D eigenvalue weighted by Crippen LogP contribution is 2.23. The fourth-order valence-corrected chi connectivity index (χ4v) is 1.70. The normalized spacial score (nSPS) is 16.0. The summed E-state index contributed by atoms with van der Waals surface area (Å²) in [5.74, 6) is -0.0231. The van der Waals surface area contributed by atoms with Crippen LogP contribution in [0.5, 0.6) is 0 Å². The molecule has 1 aliphatic carbocycles. The smallest absolute Gasteiger partial charge is 0.263 e. The molecule has 3 N–H and O–H groups in total. The van der Waals surface area contributed by atoms with E-state index in [2.05, 4.69) is 5.32 Å². The Morgan fingerprint density at radius 2 is 2.42 bits per heavy atom. The molecule has 1 amide bonds. The van der Waals surface area contributed by atoms with Crippen LogP contribution in [0.2, 0.25) is 0 Å². The van der Waals surface area contributed by atoms with Gasteiger partial charge >= 0.3 is 0 Å². The van der Waals surface area contributed by atoms with Crippen molar-refractivity contribution in [1.29, 1.82) is 0 Å². The minimum absolute atomic E-state index is 0.0231. The van der Waals surface area contributed by atoms with E-state index in [9.17, 15) is 4.79 Å². The predicted octanol–water partition coefficient (Wildman–Crippen LogP) is 1.22. The molecule has 3 nitrogen and oxygen atoms in total. The molecule has 0 aromatic carbocycles. The molecule has 0 radical (unpaired) electrons. The second-order valence-electron chi connectivity index (χ2n) is 2.95. The number of amides is 1. The molecule has 1 aromatic heterocycles. The fourth-order valence-electron chi connectivity index (χ4n) is 0.982. The first-order valence-electron chi connectivity index (χ1n) is 3.91. The summed E-state index contributed by atoms with van der Waals surface area (Å²) >= 11 is 1.39. The summed E-state index contributed by atoms with van der Waals surface area (Å²) < 4.78 is 0. The molecule has 4 heteroatoms. The van der Waals surface area contributed by atoms with Gasteiger partial charge in [0.2, 0.25) is 0 Å². The standard InChI is InChI=1S/C8H10N2OS/c9-6-3-4-12-7(6)8(11)10-5-1-2-5/h3-5H,1-2,9H2,(H,10,11). The minimum Gasteiger partial charge on any atom is -0.397 e. The highest BCUT2D eigenvalue weighted by atomic mass is 32.1. The number of anilines is 1. The number of hydrogen-bond donors (Lipinski definition) is 2. The number of thiophene rings is 1. The molecule has 1 fully saturated rings. The van der Waals surface area contributed by atoms with Gasteiger partial charge in [0.1, 0.15) is 4.88 Å². The first kappa shape index (κ1) is 7.61. The lowest BCUT2D eigenvalue weighted by molar-refractivity contribution is 0.0956. The Labute approximate surface area is 74.6 Å². The molecular weight excluding hydrogens is 172 g/mol. The van der Waals surface area contributed by atoms with Gasteiger partial charge in [-0.15, -0.1) is 11.3 Å². The zero-order valence-corrected chi connectivity index (χ0v) is 7.36. The van der Waals surface area contributed by atoms with E-state index < -0.39 is 0 Å². The number of carbonyl (C=O) groups excluding carboxylic acids is 1. The molecule has 0 aliphatic heterocycles. The van der Waals surface area contributed by atoms with Gasteiger partial charge in [0.15, 0.2) is 0 Å². The minimum atomic E-state index is -0.0231. The number of hydrogen-bond acceptors (Lipinski definition) is 3. The van der Waals surface area contributed by atoms with E-state index in [0.717, 1.165) is 12.8 Å². The molecule has 0 bridgehead atoms. The summed E-state index contributed by atoms with van der Waals surface area (Å²) in [6.07, 6.45) is 2.22. The Kier molecular flexibility index (Phi) is 1.77. The number of nitrogen functional groups attached to an aromatic ring is 1. The Hall–Kier alpha value is -1.03. The van der Waals surface area contributed by atoms with Crippen LogP contribution in [-0.4, -0.2) is 11.9 Å². The Morgan fingerprint density at radius 3 is 2.92 bits per heavy atom. The lowest BCUT2D eigenvalue weighted by Crippen LogP contribution is -2.25. The third kappa shape index (κ3) is 1.43. The van der Waals surface area contributed by atoms with Crippen molar-refractivity contribution < 1.29 is 4.79 Å². The van der Waals surface area contributed by atoms with E-state index in [1.807, 2.05) is 5.38 Å². The van der Waals surface area contributed by atoms with Gasteiger partial charge in [-0.3, -0.25) is 4.79 Å². The van der Waals surface area contributed by atoms with Gasteiger partial charge in [-0.2, -0.15) is 0 Å². The molecule has 0 unspecified atom stereocenters. The maximum absolute atomic E-state index is 11.4. The molecule has 0 spiro atoms. The number of nitrogens with two attached hydrogens (primary N) is 1. The van der Waals surface area contributed by atoms with Crippen molar-refractivity contribution >= 4 is 22.9 Å². The van der Waals surface area contributed by atoms with Crippen LogP contribution >= 0.6 is 11.3 Å². The van der Waals surface area contributed by atoms with Crippen molar-refractivity contribution in [2.24, 2.45) is 0 Å². The van der Waals surface area contributed by atoms with Crippen LogP contribution in [0, 0.1) is 0 Å². The zero-order valence-electron chi connectivity index (χ0n) is 6.54. The highest BCUT2D eigenvalue weighted by molar-refractivity contribution is 7.12. The van der Waals surface area contributed by atoms with Crippen LogP contribution in [0.1, 0.15) is 22.5 Å². The molecule has 1 saturated carbocycles. The topological polar surface area (TPSA) is 55.1 Å². The Bertz CT molecular complexity index is 304. The van der Waals surface area contributed by atoms with Crippen molar-refractivity contribution in [3.8, 4) is 0 Å². The largest absolute Gasteiger partial charge is 0.397 e. The van der Waals surface area contributed by atoms with Gasteiger partial charge in [-0.25, -0.2) is 0 Å². The highest BCUT2D eigenvalue weighted by Gasteiger charge is 2.24. The summed E-state index contributed by atoms with van der Waals surface area (Å²) in [6.45, 7) is 0. The van der Waals surface area contributed by atoms with E-state index in [0.29, 0.717) is 16.6 Å². The molecule has 64 valence electrons. The molecular formula is C8H10N2OS. The van der Waals surface area contributed by atoms with Crippen LogP contribution in [0.15, 0.2) is 11.4 Å². The summed E-state index contributed by atoms with van der Waals surface area (Å²) in [5.41, 5.74) is 6.17. The van der Waals surface area contributed by atoms with Crippen molar-refractivity contribution in [3.63, 3.8) is 0 Å². The van der Waals surface area contributed by atoms with E-state index in [-0.39, 0.29) is 5.91 Å². The zero-order chi connectivity index (χ0) is 8.55. The molecule has 2 rings (SSSR count). The summed E-state index contributed by atoms with van der Waals surface area (Å²) in [6, 6.07) is 2.16. The summed E-state index contributed by atoms with van der Waals surface area (Å²) in [4.78, 5) is 12.0. The van der Waals surface area contributed by atoms with Crippen molar-refractivity contribution in [1.82, 2.24) is 5.32 Å². The summed E-state index contributed by atoms with van der Waals surface area (Å²) in [7, 11) is 0. The molecule has 1 aromatic rings. The Morgan fingerprint density at radius 1 is 1.67 bits per heavy atom. The Balaban J connectivity index is 2.07. The van der Waals surface area contributed by atoms with Crippen molar-refractivity contribution in [3.05, 3.63) is 16.3 Å². The first-order valence-corrected chi connectivity index (χ1v) is 4.79. The van der Waals surface area contributed by atoms with Crippen LogP contribution in [0.3, 0.4) is 0 Å². The predicted molar refractivity (Wildman–Crippen MR) is 49.2 cm³/mol. The monoisotopic (exact) mass is 182 g/mol. The van der Waals surface area contributed by atoms with Crippen LogP contribution in [0.4, 0.5) is 5.69 Å². The van der Waals surface area contributed by atoms with Gasteiger partial charge in [0.25, 0.3) is 5.91 Å². The van der Waals surface area contributed by atoms with Gasteiger partial charge in [0.05, 0.1) is 5.69 Å². The second-order valence-corrected chi connectivity index (χ2v) is 3.87. The second kappa shape index (κ2) is 2.79. The third-order valence-corrected chi connectivity index (χ3v) is 2.74. The molecule has 1 aliphatic rings. The van der Waals surface area contributed by atoms with Crippen molar-refractivity contribution in [2.45, 2.75) is 18.9 Å². The number of carbonyl (C=O) groups is 1. The fraction of sp³-hybridized carbons (Fsp3) is 0.375. The molecule has 0 saturated heterocycles. The van der Waals surface area contributed by atoms with E-state index in [4.69, 9.17) is 5.73 Å². The average molecular weight is 182 g/mol. The van der Waals surface area contributed by atoms with Crippen molar-refractivity contribution in [2.75, 3.05) is 5.73 Å². The van der Waals surface area contributed by atoms with Gasteiger partial charge in [0, 0.05) is 6.04 Å². The van der Waals surface area contributed by atoms with Gasteiger partial charge in [-0.05, 0) is 24.3 Å². The molecule has 1 heterocycles. The average Bonchev–Trinajstić information content (AvgIpc) is 2.72. The van der Waals surface area contributed by atoms with Gasteiger partial charge in [-0.1, -0.05) is 0 Å². The molecule has 0 atom stereocenters. The maximum atomic E-state index is 11.4. The maximum Gasteiger partial charge on any atom is 0.263 e. The SMILES string of the molecule is Nc1ccsc1C(=O)NC1CC1. The van der Waals surface area contributed by atoms with Gasteiger partial charge < -0.3 is 11.1 Å². The van der Waals surface area contributed by atoms with E-state index >= 15 is 0 Å². The molecule has 12 heavy (non-hydrogen) atoms. The summed E-state index contributed by atoms with van der Waals surface area (Å²) in [5, 5.41) is 4.72. The van der Waals surface area contributed by atoms with E-state index in [1.54, 1.807) is 6.07 Å². The van der Waals surface area contributed by atoms with Crippen LogP contribution < -0.4 is 11.1 Å². The van der Waals surface area contributed by atoms with Crippen LogP contribution in [0.25, 0.3) is 0 Å².